The number of benzene rings is 1. The van der Waals surface area contributed by atoms with Crippen molar-refractivity contribution in [2.24, 2.45) is 0 Å². The Morgan fingerprint density at radius 3 is 2.34 bits per heavy atom. The second-order valence-corrected chi connectivity index (χ2v) is 8.71. The first-order valence-electron chi connectivity index (χ1n) is 9.86. The molecule has 0 spiro atoms. The Morgan fingerprint density at radius 2 is 1.79 bits per heavy atom. The number of alkyl halides is 1. The molecule has 0 saturated carbocycles. The number of piperidine rings is 1. The van der Waals surface area contributed by atoms with Crippen LogP contribution < -0.4 is 9.47 Å². The Balaban J connectivity index is 1.71. The molecule has 1 aliphatic carbocycles. The van der Waals surface area contributed by atoms with Crippen LogP contribution in [0.15, 0.2) is 23.8 Å². The number of hydrogen-bond acceptors (Lipinski definition) is 5. The number of ether oxygens (including phenoxy) is 3. The Kier molecular flexibility index (Phi) is 5.81. The topological polar surface area (TPSA) is 68.2 Å². The highest BCUT2D eigenvalue weighted by molar-refractivity contribution is 5.68. The molecule has 6 nitrogen and oxygen atoms in total. The average molecular weight is 407 g/mol. The molecule has 3 rings (SSSR count). The zero-order valence-corrected chi connectivity index (χ0v) is 17.8. The lowest BCUT2D eigenvalue weighted by atomic mass is 9.90. The van der Waals surface area contributed by atoms with Crippen LogP contribution in [0.25, 0.3) is 0 Å². The van der Waals surface area contributed by atoms with Gasteiger partial charge in [-0.25, -0.2) is 9.18 Å². The van der Waals surface area contributed by atoms with Gasteiger partial charge in [-0.05, 0) is 62.1 Å². The van der Waals surface area contributed by atoms with Gasteiger partial charge in [-0.15, -0.1) is 0 Å². The lowest BCUT2D eigenvalue weighted by molar-refractivity contribution is 0.0104. The molecule has 0 bridgehead atoms. The highest BCUT2D eigenvalue weighted by Crippen LogP contribution is 2.43. The van der Waals surface area contributed by atoms with E-state index in [1.54, 1.807) is 19.3 Å². The third-order valence-electron chi connectivity index (χ3n) is 5.38. The molecule has 2 aliphatic rings. The van der Waals surface area contributed by atoms with Crippen LogP contribution in [0, 0.1) is 0 Å². The van der Waals surface area contributed by atoms with E-state index >= 15 is 4.39 Å². The van der Waals surface area contributed by atoms with Gasteiger partial charge in [0.05, 0.1) is 14.2 Å². The van der Waals surface area contributed by atoms with Gasteiger partial charge >= 0.3 is 6.09 Å². The first-order valence-corrected chi connectivity index (χ1v) is 9.86. The molecule has 1 unspecified atom stereocenters. The van der Waals surface area contributed by atoms with E-state index in [9.17, 15) is 9.90 Å². The van der Waals surface area contributed by atoms with Crippen LogP contribution in [-0.4, -0.2) is 54.7 Å². The summed E-state index contributed by atoms with van der Waals surface area (Å²) in [4.78, 5) is 13.7. The van der Waals surface area contributed by atoms with Crippen molar-refractivity contribution in [1.29, 1.82) is 0 Å². The number of hydrogen-bond donors (Lipinski definition) is 1. The van der Waals surface area contributed by atoms with Crippen molar-refractivity contribution in [3.63, 3.8) is 0 Å². The van der Waals surface area contributed by atoms with Gasteiger partial charge in [-0.3, -0.25) is 0 Å². The number of carbonyl (C=O) groups is 1. The minimum Gasteiger partial charge on any atom is -0.493 e. The third-order valence-corrected chi connectivity index (χ3v) is 5.38. The summed E-state index contributed by atoms with van der Waals surface area (Å²) in [6.07, 6.45) is 1.05. The van der Waals surface area contributed by atoms with Gasteiger partial charge in [0.1, 0.15) is 17.4 Å². The van der Waals surface area contributed by atoms with Gasteiger partial charge in [0.25, 0.3) is 0 Å². The fourth-order valence-electron chi connectivity index (χ4n) is 3.85. The van der Waals surface area contributed by atoms with Gasteiger partial charge in [0.2, 0.25) is 0 Å². The summed E-state index contributed by atoms with van der Waals surface area (Å²) >= 11 is 0. The summed E-state index contributed by atoms with van der Waals surface area (Å²) in [5.74, 6) is 1.12. The molecule has 1 atom stereocenters. The van der Waals surface area contributed by atoms with Crippen molar-refractivity contribution in [2.45, 2.75) is 57.4 Å². The fraction of sp³-hybridized carbons (Fsp3) is 0.591. The van der Waals surface area contributed by atoms with Gasteiger partial charge in [0, 0.05) is 25.9 Å². The summed E-state index contributed by atoms with van der Waals surface area (Å²) in [5.41, 5.74) is 0.0966. The Bertz CT molecular complexity index is 806. The average Bonchev–Trinajstić information content (AvgIpc) is 2.94. The molecule has 1 saturated heterocycles. The predicted molar refractivity (Wildman–Crippen MR) is 107 cm³/mol. The van der Waals surface area contributed by atoms with Crippen LogP contribution in [0.4, 0.5) is 9.18 Å². The lowest BCUT2D eigenvalue weighted by Gasteiger charge is -2.36. The van der Waals surface area contributed by atoms with Crippen molar-refractivity contribution in [3.05, 3.63) is 34.9 Å². The molecular formula is C22H30FNO5. The highest BCUT2D eigenvalue weighted by atomic mass is 19.1. The largest absolute Gasteiger partial charge is 0.493 e. The number of halogens is 1. The predicted octanol–water partition coefficient (Wildman–Crippen LogP) is 3.96. The summed E-state index contributed by atoms with van der Waals surface area (Å²) in [6.45, 7) is 5.98. The molecule has 0 aromatic heterocycles. The number of aliphatic hydroxyl groups excluding tert-OH is 1. The van der Waals surface area contributed by atoms with Crippen LogP contribution in [0.1, 0.15) is 50.8 Å². The van der Waals surface area contributed by atoms with Crippen molar-refractivity contribution in [1.82, 2.24) is 4.90 Å². The Hall–Kier alpha value is -2.28. The number of nitrogens with zero attached hydrogens (tertiary/aromatic N) is 1. The summed E-state index contributed by atoms with van der Waals surface area (Å²) < 4.78 is 31.5. The Labute approximate surface area is 171 Å². The van der Waals surface area contributed by atoms with Crippen molar-refractivity contribution >= 4 is 6.09 Å². The van der Waals surface area contributed by atoms with Crippen molar-refractivity contribution < 1.29 is 28.5 Å². The van der Waals surface area contributed by atoms with Crippen LogP contribution >= 0.6 is 0 Å². The van der Waals surface area contributed by atoms with E-state index in [2.05, 4.69) is 0 Å². The highest BCUT2D eigenvalue weighted by Gasteiger charge is 2.38. The van der Waals surface area contributed by atoms with E-state index in [1.807, 2.05) is 26.8 Å². The molecule has 160 valence electrons. The number of carbonyl (C=O) groups excluding carboxylic acids is 1. The molecule has 29 heavy (non-hydrogen) atoms. The number of aliphatic hydroxyl groups is 1. The maximum atomic E-state index is 15.5. The zero-order valence-electron chi connectivity index (χ0n) is 17.8. The maximum Gasteiger partial charge on any atom is 0.410 e. The molecule has 1 N–H and O–H groups in total. The van der Waals surface area contributed by atoms with Crippen molar-refractivity contribution in [3.8, 4) is 11.5 Å². The van der Waals surface area contributed by atoms with Gasteiger partial charge in [-0.1, -0.05) is 0 Å². The van der Waals surface area contributed by atoms with Crippen LogP contribution in [0.3, 0.4) is 0 Å². The van der Waals surface area contributed by atoms with Crippen LogP contribution in [0.5, 0.6) is 11.5 Å². The van der Waals surface area contributed by atoms with E-state index < -0.39 is 23.5 Å². The number of amides is 1. The van der Waals surface area contributed by atoms with E-state index in [-0.39, 0.29) is 25.9 Å². The van der Waals surface area contributed by atoms with E-state index in [1.165, 1.54) is 12.0 Å². The van der Waals surface area contributed by atoms with Gasteiger partial charge in [-0.2, -0.15) is 0 Å². The molecule has 1 heterocycles. The summed E-state index contributed by atoms with van der Waals surface area (Å²) in [5, 5.41) is 10.7. The number of methoxy groups -OCH3 is 2. The van der Waals surface area contributed by atoms with Crippen LogP contribution in [0.2, 0.25) is 0 Å². The van der Waals surface area contributed by atoms with Gasteiger partial charge < -0.3 is 24.2 Å². The summed E-state index contributed by atoms with van der Waals surface area (Å²) in [7, 11) is 3.10. The molecule has 1 aliphatic heterocycles. The molecule has 1 amide bonds. The molecule has 0 radical (unpaired) electrons. The van der Waals surface area contributed by atoms with E-state index in [0.29, 0.717) is 29.1 Å². The summed E-state index contributed by atoms with van der Waals surface area (Å²) in [6, 6.07) is 3.57. The lowest BCUT2D eigenvalue weighted by Crippen LogP contribution is -2.45. The van der Waals surface area contributed by atoms with Crippen molar-refractivity contribution in [2.75, 3.05) is 27.3 Å². The second-order valence-electron chi connectivity index (χ2n) is 8.71. The zero-order chi connectivity index (χ0) is 21.4. The number of likely N-dealkylation sites (tertiary alicyclic amines) is 1. The first-order chi connectivity index (χ1) is 13.5. The first kappa shape index (κ1) is 21.4. The van der Waals surface area contributed by atoms with E-state index in [0.717, 1.165) is 5.56 Å². The molecule has 1 aromatic carbocycles. The molecule has 1 fully saturated rings. The number of rotatable bonds is 3. The minimum absolute atomic E-state index is 0.172. The quantitative estimate of drug-likeness (QED) is 0.769. The van der Waals surface area contributed by atoms with Gasteiger partial charge in [0.15, 0.2) is 11.5 Å². The normalized spacial score (nSPS) is 22.4. The fourth-order valence-corrected chi connectivity index (χ4v) is 3.85. The second kappa shape index (κ2) is 7.86. The maximum absolute atomic E-state index is 15.5. The SMILES string of the molecule is COc1cc2c(cc1OC)C(O)/C(=C/C1(F)CCN(C(=O)OC(C)(C)C)CC1)C2. The number of allylic oxidation sites excluding steroid dienone is 1. The van der Waals surface area contributed by atoms with Crippen LogP contribution in [-0.2, 0) is 11.2 Å². The number of fused-ring (bicyclic) bond motifs is 1. The standard InChI is InChI=1S/C22H30FNO5/c1-21(2,3)29-20(26)24-8-6-22(23,7-9-24)13-15-10-14-11-17(27-4)18(28-5)12-16(14)19(15)25/h11-13,19,25H,6-10H2,1-5H3/b15-13+. The monoisotopic (exact) mass is 407 g/mol. The molecule has 7 heteroatoms. The third kappa shape index (κ3) is 4.66. The molecular weight excluding hydrogens is 377 g/mol. The van der Waals surface area contributed by atoms with E-state index in [4.69, 9.17) is 14.2 Å². The minimum atomic E-state index is -1.56. The smallest absolute Gasteiger partial charge is 0.410 e. The Morgan fingerprint density at radius 1 is 1.21 bits per heavy atom. The molecule has 1 aromatic rings.